The summed E-state index contributed by atoms with van der Waals surface area (Å²) in [5.74, 6) is 0.895. The van der Waals surface area contributed by atoms with Crippen LogP contribution in [0.3, 0.4) is 0 Å². The van der Waals surface area contributed by atoms with Gasteiger partial charge in [-0.1, -0.05) is 18.5 Å². The number of likely N-dealkylation sites (tertiary alicyclic amines) is 1. The smallest absolute Gasteiger partial charge is 0.274 e. The molecule has 1 aromatic heterocycles. The average molecular weight is 325 g/mol. The van der Waals surface area contributed by atoms with Gasteiger partial charge in [-0.15, -0.1) is 0 Å². The molecular weight excluding hydrogens is 304 g/mol. The van der Waals surface area contributed by atoms with E-state index in [4.69, 9.17) is 16.3 Å². The summed E-state index contributed by atoms with van der Waals surface area (Å²) in [6.07, 6.45) is 1.50. The first kappa shape index (κ1) is 15.6. The Morgan fingerprint density at radius 1 is 1.36 bits per heavy atom. The summed E-state index contributed by atoms with van der Waals surface area (Å²) in [7, 11) is 0. The zero-order valence-electron chi connectivity index (χ0n) is 13.0. The third kappa shape index (κ3) is 3.09. The van der Waals surface area contributed by atoms with Gasteiger partial charge in [0.25, 0.3) is 5.91 Å². The van der Waals surface area contributed by atoms with Crippen molar-refractivity contribution in [2.24, 2.45) is 5.92 Å². The lowest BCUT2D eigenvalue weighted by Crippen LogP contribution is -2.47. The Morgan fingerprint density at radius 2 is 2.09 bits per heavy atom. The maximum Gasteiger partial charge on any atom is 0.274 e. The van der Waals surface area contributed by atoms with Gasteiger partial charge < -0.3 is 9.64 Å². The molecule has 0 aromatic carbocycles. The van der Waals surface area contributed by atoms with E-state index in [9.17, 15) is 4.79 Å². The fourth-order valence-electron chi connectivity index (χ4n) is 3.25. The molecule has 7 heteroatoms. The highest BCUT2D eigenvalue weighted by atomic mass is 35.5. The van der Waals surface area contributed by atoms with E-state index in [-0.39, 0.29) is 5.91 Å². The van der Waals surface area contributed by atoms with Crippen molar-refractivity contribution in [3.8, 4) is 0 Å². The molecule has 120 valence electrons. The standard InChI is InChI=1S/C15H21ClN4O2/c1-10-8-20(9-13(10)19-3-5-22-6-4-19)15(21)14-12(16)7-17-11(2)18-14/h7,10,13H,3-6,8-9H2,1-2H3/t10-,13-/m0/s1. The topological polar surface area (TPSA) is 58.6 Å². The highest BCUT2D eigenvalue weighted by molar-refractivity contribution is 6.33. The molecule has 0 spiro atoms. The molecule has 22 heavy (non-hydrogen) atoms. The molecule has 0 unspecified atom stereocenters. The number of rotatable bonds is 2. The highest BCUT2D eigenvalue weighted by Crippen LogP contribution is 2.25. The van der Waals surface area contributed by atoms with Crippen LogP contribution in [0.15, 0.2) is 6.20 Å². The minimum absolute atomic E-state index is 0.0990. The maximum atomic E-state index is 12.7. The number of morpholine rings is 1. The van der Waals surface area contributed by atoms with Gasteiger partial charge in [-0.2, -0.15) is 0 Å². The Labute approximate surface area is 135 Å². The lowest BCUT2D eigenvalue weighted by molar-refractivity contribution is 0.0119. The molecule has 6 nitrogen and oxygen atoms in total. The van der Waals surface area contributed by atoms with Crippen molar-refractivity contribution >= 4 is 17.5 Å². The number of aryl methyl sites for hydroxylation is 1. The number of aromatic nitrogens is 2. The summed E-state index contributed by atoms with van der Waals surface area (Å²) in [6.45, 7) is 8.83. The number of carbonyl (C=O) groups is 1. The van der Waals surface area contributed by atoms with Crippen molar-refractivity contribution in [2.45, 2.75) is 19.9 Å². The van der Waals surface area contributed by atoms with E-state index in [1.165, 1.54) is 6.20 Å². The summed E-state index contributed by atoms with van der Waals surface area (Å²) >= 11 is 6.09. The quantitative estimate of drug-likeness (QED) is 0.819. The number of nitrogens with zero attached hydrogens (tertiary/aromatic N) is 4. The van der Waals surface area contributed by atoms with Crippen LogP contribution in [0, 0.1) is 12.8 Å². The van der Waals surface area contributed by atoms with Gasteiger partial charge >= 0.3 is 0 Å². The van der Waals surface area contributed by atoms with Crippen LogP contribution in [-0.4, -0.2) is 71.1 Å². The van der Waals surface area contributed by atoms with Gasteiger partial charge in [0.15, 0.2) is 5.69 Å². The molecule has 3 heterocycles. The SMILES string of the molecule is Cc1ncc(Cl)c(C(=O)N2C[C@H](C)[C@@H](N3CCOCC3)C2)n1. The van der Waals surface area contributed by atoms with Gasteiger partial charge in [-0.25, -0.2) is 9.97 Å². The van der Waals surface area contributed by atoms with Crippen LogP contribution < -0.4 is 0 Å². The average Bonchev–Trinajstić information content (AvgIpc) is 2.92. The summed E-state index contributed by atoms with van der Waals surface area (Å²) in [6, 6.07) is 0.384. The van der Waals surface area contributed by atoms with Crippen molar-refractivity contribution in [1.29, 1.82) is 0 Å². The van der Waals surface area contributed by atoms with Gasteiger partial charge in [-0.05, 0) is 12.8 Å². The van der Waals surface area contributed by atoms with E-state index in [0.717, 1.165) is 39.4 Å². The summed E-state index contributed by atoms with van der Waals surface area (Å²) < 4.78 is 5.41. The monoisotopic (exact) mass is 324 g/mol. The predicted molar refractivity (Wildman–Crippen MR) is 83.0 cm³/mol. The fraction of sp³-hybridized carbons (Fsp3) is 0.667. The molecule has 0 bridgehead atoms. The van der Waals surface area contributed by atoms with E-state index in [1.807, 2.05) is 4.90 Å². The van der Waals surface area contributed by atoms with Crippen LogP contribution in [0.1, 0.15) is 23.2 Å². The van der Waals surface area contributed by atoms with Gasteiger partial charge in [0.05, 0.1) is 24.4 Å². The van der Waals surface area contributed by atoms with Gasteiger partial charge in [0.2, 0.25) is 0 Å². The Bertz CT molecular complexity index is 562. The minimum Gasteiger partial charge on any atom is -0.379 e. The zero-order valence-corrected chi connectivity index (χ0v) is 13.7. The van der Waals surface area contributed by atoms with Crippen molar-refractivity contribution < 1.29 is 9.53 Å². The Morgan fingerprint density at radius 3 is 2.82 bits per heavy atom. The molecule has 2 fully saturated rings. The molecule has 0 aliphatic carbocycles. The number of halogens is 1. The van der Waals surface area contributed by atoms with Crippen LogP contribution >= 0.6 is 11.6 Å². The van der Waals surface area contributed by atoms with Crippen molar-refractivity contribution in [3.63, 3.8) is 0 Å². The zero-order chi connectivity index (χ0) is 15.7. The molecule has 2 aliphatic rings. The molecule has 1 amide bonds. The molecule has 3 rings (SSSR count). The van der Waals surface area contributed by atoms with Crippen LogP contribution in [0.25, 0.3) is 0 Å². The largest absolute Gasteiger partial charge is 0.379 e. The van der Waals surface area contributed by atoms with E-state index in [1.54, 1.807) is 6.92 Å². The van der Waals surface area contributed by atoms with Crippen LogP contribution in [-0.2, 0) is 4.74 Å². The third-order valence-electron chi connectivity index (χ3n) is 4.44. The first-order valence-electron chi connectivity index (χ1n) is 7.66. The van der Waals surface area contributed by atoms with Crippen molar-refractivity contribution in [3.05, 3.63) is 22.7 Å². The number of hydrogen-bond acceptors (Lipinski definition) is 5. The lowest BCUT2D eigenvalue weighted by Gasteiger charge is -2.33. The predicted octanol–water partition coefficient (Wildman–Crippen LogP) is 1.23. The molecule has 0 radical (unpaired) electrons. The van der Waals surface area contributed by atoms with Crippen LogP contribution in [0.4, 0.5) is 0 Å². The fourth-order valence-corrected chi connectivity index (χ4v) is 3.43. The molecule has 2 atom stereocenters. The molecule has 0 N–H and O–H groups in total. The Balaban J connectivity index is 1.73. The van der Waals surface area contributed by atoms with Crippen molar-refractivity contribution in [2.75, 3.05) is 39.4 Å². The molecular formula is C15H21ClN4O2. The first-order valence-corrected chi connectivity index (χ1v) is 8.04. The molecule has 1 aromatic rings. The van der Waals surface area contributed by atoms with E-state index < -0.39 is 0 Å². The summed E-state index contributed by atoms with van der Waals surface area (Å²) in [4.78, 5) is 25.2. The van der Waals surface area contributed by atoms with Gasteiger partial charge in [0, 0.05) is 32.2 Å². The van der Waals surface area contributed by atoms with Gasteiger partial charge in [0.1, 0.15) is 5.82 Å². The van der Waals surface area contributed by atoms with Gasteiger partial charge in [-0.3, -0.25) is 9.69 Å². The summed E-state index contributed by atoms with van der Waals surface area (Å²) in [5, 5.41) is 0.318. The van der Waals surface area contributed by atoms with E-state index in [2.05, 4.69) is 21.8 Å². The molecule has 0 saturated carbocycles. The maximum absolute atomic E-state index is 12.7. The highest BCUT2D eigenvalue weighted by Gasteiger charge is 2.37. The van der Waals surface area contributed by atoms with Crippen molar-refractivity contribution in [1.82, 2.24) is 19.8 Å². The van der Waals surface area contributed by atoms with E-state index in [0.29, 0.717) is 28.5 Å². The van der Waals surface area contributed by atoms with E-state index >= 15 is 0 Å². The second kappa shape index (κ2) is 6.48. The number of hydrogen-bond donors (Lipinski definition) is 0. The Hall–Kier alpha value is -1.24. The molecule has 2 aliphatic heterocycles. The second-order valence-corrected chi connectivity index (χ2v) is 6.42. The third-order valence-corrected chi connectivity index (χ3v) is 4.72. The Kier molecular flexibility index (Phi) is 4.61. The lowest BCUT2D eigenvalue weighted by atomic mass is 10.0. The summed E-state index contributed by atoms with van der Waals surface area (Å²) in [5.41, 5.74) is 0.309. The number of carbonyl (C=O) groups excluding carboxylic acids is 1. The molecule has 2 saturated heterocycles. The number of amides is 1. The normalized spacial score (nSPS) is 26.4. The first-order chi connectivity index (χ1) is 10.6. The number of ether oxygens (including phenoxy) is 1. The van der Waals surface area contributed by atoms with Crippen LogP contribution in [0.5, 0.6) is 0 Å². The second-order valence-electron chi connectivity index (χ2n) is 6.02. The van der Waals surface area contributed by atoms with Crippen LogP contribution in [0.2, 0.25) is 5.02 Å². The minimum atomic E-state index is -0.0990.